The maximum Gasteiger partial charge on any atom is 0.188 e. The van der Waals surface area contributed by atoms with Gasteiger partial charge in [-0.05, 0) is 30.9 Å². The van der Waals surface area contributed by atoms with Crippen LogP contribution in [0.3, 0.4) is 0 Å². The molecule has 0 atom stereocenters. The van der Waals surface area contributed by atoms with E-state index in [1.54, 1.807) is 24.3 Å². The number of carbonyl (C=O) groups is 1. The van der Waals surface area contributed by atoms with E-state index in [1.165, 1.54) is 0 Å². The first-order chi connectivity index (χ1) is 8.09. The third-order valence-corrected chi connectivity index (χ3v) is 2.68. The number of ether oxygens (including phenoxy) is 1. The lowest BCUT2D eigenvalue weighted by molar-refractivity contribution is 0.0749. The van der Waals surface area contributed by atoms with Crippen molar-refractivity contribution in [2.45, 2.75) is 26.7 Å². The lowest BCUT2D eigenvalue weighted by Gasteiger charge is -2.06. The Bertz CT molecular complexity index is 361. The van der Waals surface area contributed by atoms with Crippen molar-refractivity contribution in [1.29, 1.82) is 0 Å². The van der Waals surface area contributed by atoms with Crippen molar-refractivity contribution in [3.8, 4) is 0 Å². The van der Waals surface area contributed by atoms with Gasteiger partial charge in [-0.25, -0.2) is 0 Å². The standard InChI is InChI=1S/C14H19ClO2/c1-11(2)5-4-8-17-10-14(16)12-6-3-7-13(15)9-12/h3,6-7,9,11H,4-5,8,10H2,1-2H3. The lowest BCUT2D eigenvalue weighted by Crippen LogP contribution is -2.10. The van der Waals surface area contributed by atoms with Crippen LogP contribution in [0.5, 0.6) is 0 Å². The number of Topliss-reactive ketones (excluding diaryl/α,β-unsaturated/α-hetero) is 1. The van der Waals surface area contributed by atoms with Crippen LogP contribution in [-0.4, -0.2) is 19.0 Å². The molecule has 17 heavy (non-hydrogen) atoms. The fourth-order valence-electron chi connectivity index (χ4n) is 1.50. The van der Waals surface area contributed by atoms with Gasteiger partial charge in [0.1, 0.15) is 6.61 Å². The second-order valence-electron chi connectivity index (χ2n) is 4.52. The van der Waals surface area contributed by atoms with Gasteiger partial charge >= 0.3 is 0 Å². The topological polar surface area (TPSA) is 26.3 Å². The average molecular weight is 255 g/mol. The van der Waals surface area contributed by atoms with Crippen LogP contribution in [0.4, 0.5) is 0 Å². The minimum Gasteiger partial charge on any atom is -0.373 e. The molecule has 0 bridgehead atoms. The quantitative estimate of drug-likeness (QED) is 0.544. The molecule has 0 radical (unpaired) electrons. The largest absolute Gasteiger partial charge is 0.373 e. The Kier molecular flexibility index (Phi) is 6.23. The molecular weight excluding hydrogens is 236 g/mol. The number of hydrogen-bond acceptors (Lipinski definition) is 2. The van der Waals surface area contributed by atoms with Crippen LogP contribution < -0.4 is 0 Å². The number of hydrogen-bond donors (Lipinski definition) is 0. The van der Waals surface area contributed by atoms with E-state index in [0.29, 0.717) is 23.1 Å². The minimum absolute atomic E-state index is 0.0166. The predicted octanol–water partition coefficient (Wildman–Crippen LogP) is 3.98. The zero-order valence-corrected chi connectivity index (χ0v) is 11.2. The van der Waals surface area contributed by atoms with Crippen molar-refractivity contribution in [3.63, 3.8) is 0 Å². The molecule has 0 heterocycles. The molecule has 0 N–H and O–H groups in total. The molecular formula is C14H19ClO2. The van der Waals surface area contributed by atoms with Crippen LogP contribution in [0.1, 0.15) is 37.0 Å². The van der Waals surface area contributed by atoms with E-state index < -0.39 is 0 Å². The highest BCUT2D eigenvalue weighted by Crippen LogP contribution is 2.11. The van der Waals surface area contributed by atoms with Crippen LogP contribution in [0.2, 0.25) is 5.02 Å². The Balaban J connectivity index is 2.26. The molecule has 0 fully saturated rings. The van der Waals surface area contributed by atoms with Crippen molar-refractivity contribution in [2.75, 3.05) is 13.2 Å². The molecule has 0 unspecified atom stereocenters. The molecule has 1 aromatic rings. The fraction of sp³-hybridized carbons (Fsp3) is 0.500. The Morgan fingerprint density at radius 3 is 2.82 bits per heavy atom. The van der Waals surface area contributed by atoms with E-state index in [9.17, 15) is 4.79 Å². The monoisotopic (exact) mass is 254 g/mol. The summed E-state index contributed by atoms with van der Waals surface area (Å²) in [5, 5.41) is 0.579. The van der Waals surface area contributed by atoms with Gasteiger partial charge in [0.25, 0.3) is 0 Å². The van der Waals surface area contributed by atoms with Gasteiger partial charge in [0.2, 0.25) is 0 Å². The number of ketones is 1. The molecule has 0 amide bonds. The minimum atomic E-state index is -0.0166. The molecule has 1 aromatic carbocycles. The lowest BCUT2D eigenvalue weighted by atomic mass is 10.1. The Hall–Kier alpha value is -0.860. The second kappa shape index (κ2) is 7.46. The molecule has 94 valence electrons. The van der Waals surface area contributed by atoms with Gasteiger partial charge in [0.15, 0.2) is 5.78 Å². The zero-order valence-electron chi connectivity index (χ0n) is 10.4. The molecule has 0 aliphatic carbocycles. The summed E-state index contributed by atoms with van der Waals surface area (Å²) in [6, 6.07) is 6.95. The summed E-state index contributed by atoms with van der Waals surface area (Å²) < 4.78 is 5.35. The van der Waals surface area contributed by atoms with Crippen molar-refractivity contribution in [2.24, 2.45) is 5.92 Å². The number of carbonyl (C=O) groups excluding carboxylic acids is 1. The highest BCUT2D eigenvalue weighted by molar-refractivity contribution is 6.31. The molecule has 0 saturated heterocycles. The van der Waals surface area contributed by atoms with E-state index in [-0.39, 0.29) is 12.4 Å². The van der Waals surface area contributed by atoms with E-state index in [1.807, 2.05) is 0 Å². The first-order valence-electron chi connectivity index (χ1n) is 5.96. The third-order valence-electron chi connectivity index (χ3n) is 2.45. The van der Waals surface area contributed by atoms with Crippen LogP contribution >= 0.6 is 11.6 Å². The first-order valence-corrected chi connectivity index (χ1v) is 6.34. The number of halogens is 1. The Labute approximate surface area is 108 Å². The van der Waals surface area contributed by atoms with Crippen molar-refractivity contribution in [1.82, 2.24) is 0 Å². The van der Waals surface area contributed by atoms with E-state index in [2.05, 4.69) is 13.8 Å². The molecule has 1 rings (SSSR count). The average Bonchev–Trinajstić information content (AvgIpc) is 2.28. The summed E-state index contributed by atoms with van der Waals surface area (Å²) in [7, 11) is 0. The third kappa shape index (κ3) is 5.85. The highest BCUT2D eigenvalue weighted by Gasteiger charge is 2.06. The Morgan fingerprint density at radius 1 is 1.41 bits per heavy atom. The number of rotatable bonds is 7. The van der Waals surface area contributed by atoms with Gasteiger partial charge in [-0.3, -0.25) is 4.79 Å². The van der Waals surface area contributed by atoms with Gasteiger partial charge in [-0.15, -0.1) is 0 Å². The van der Waals surface area contributed by atoms with Crippen molar-refractivity contribution < 1.29 is 9.53 Å². The Morgan fingerprint density at radius 2 is 2.18 bits per heavy atom. The molecule has 0 aromatic heterocycles. The maximum atomic E-state index is 11.7. The summed E-state index contributed by atoms with van der Waals surface area (Å²) in [6.07, 6.45) is 2.13. The second-order valence-corrected chi connectivity index (χ2v) is 4.96. The molecule has 0 aliphatic heterocycles. The molecule has 0 spiro atoms. The zero-order chi connectivity index (χ0) is 12.7. The van der Waals surface area contributed by atoms with Gasteiger partial charge in [0, 0.05) is 17.2 Å². The molecule has 0 saturated carbocycles. The molecule has 2 nitrogen and oxygen atoms in total. The summed E-state index contributed by atoms with van der Waals surface area (Å²) in [5.74, 6) is 0.666. The van der Waals surface area contributed by atoms with Gasteiger partial charge < -0.3 is 4.74 Å². The van der Waals surface area contributed by atoms with Crippen LogP contribution in [0.15, 0.2) is 24.3 Å². The van der Waals surface area contributed by atoms with E-state index in [4.69, 9.17) is 16.3 Å². The first kappa shape index (κ1) is 14.2. The molecule has 3 heteroatoms. The van der Waals surface area contributed by atoms with Crippen LogP contribution in [0, 0.1) is 5.92 Å². The normalized spacial score (nSPS) is 10.8. The number of benzene rings is 1. The van der Waals surface area contributed by atoms with Gasteiger partial charge in [-0.2, -0.15) is 0 Å². The van der Waals surface area contributed by atoms with E-state index >= 15 is 0 Å². The SMILES string of the molecule is CC(C)CCCOCC(=O)c1cccc(Cl)c1. The summed E-state index contributed by atoms with van der Waals surface area (Å²) >= 11 is 5.81. The van der Waals surface area contributed by atoms with Crippen LogP contribution in [0.25, 0.3) is 0 Å². The summed E-state index contributed by atoms with van der Waals surface area (Å²) in [5.41, 5.74) is 0.612. The van der Waals surface area contributed by atoms with Crippen LogP contribution in [-0.2, 0) is 4.74 Å². The smallest absolute Gasteiger partial charge is 0.188 e. The van der Waals surface area contributed by atoms with Crippen molar-refractivity contribution in [3.05, 3.63) is 34.9 Å². The van der Waals surface area contributed by atoms with Gasteiger partial charge in [-0.1, -0.05) is 37.6 Å². The summed E-state index contributed by atoms with van der Waals surface area (Å²) in [6.45, 7) is 5.14. The van der Waals surface area contributed by atoms with Gasteiger partial charge in [0.05, 0.1) is 0 Å². The maximum absolute atomic E-state index is 11.7. The molecule has 0 aliphatic rings. The fourth-order valence-corrected chi connectivity index (χ4v) is 1.69. The van der Waals surface area contributed by atoms with Crippen molar-refractivity contribution >= 4 is 17.4 Å². The summed E-state index contributed by atoms with van der Waals surface area (Å²) in [4.78, 5) is 11.7. The predicted molar refractivity (Wildman–Crippen MR) is 70.7 cm³/mol. The highest BCUT2D eigenvalue weighted by atomic mass is 35.5. The van der Waals surface area contributed by atoms with E-state index in [0.717, 1.165) is 12.8 Å².